The van der Waals surface area contributed by atoms with Crippen LogP contribution in [-0.2, 0) is 4.79 Å². The molecule has 1 aliphatic heterocycles. The summed E-state index contributed by atoms with van der Waals surface area (Å²) < 4.78 is 5.36. The zero-order chi connectivity index (χ0) is 13.9. The molecule has 0 saturated heterocycles. The quantitative estimate of drug-likeness (QED) is 0.878. The largest absolute Gasteiger partial charge is 0.481 e. The van der Waals surface area contributed by atoms with Gasteiger partial charge in [0.1, 0.15) is 12.4 Å². The van der Waals surface area contributed by atoms with Crippen molar-refractivity contribution in [1.29, 1.82) is 0 Å². The third kappa shape index (κ3) is 2.40. The maximum atomic E-state index is 11.8. The average Bonchev–Trinajstić information content (AvgIpc) is 2.93. The van der Waals surface area contributed by atoms with Crippen LogP contribution in [0, 0.1) is 12.3 Å². The fourth-order valence-corrected chi connectivity index (χ4v) is 3.34. The number of thiophene rings is 1. The van der Waals surface area contributed by atoms with Gasteiger partial charge in [0.25, 0.3) is 0 Å². The van der Waals surface area contributed by atoms with Crippen LogP contribution >= 0.6 is 11.3 Å². The molecule has 1 amide bonds. The minimum atomic E-state index is 0.0635. The van der Waals surface area contributed by atoms with Crippen LogP contribution in [0.25, 0.3) is 0 Å². The number of benzene rings is 1. The highest BCUT2D eigenvalue weighted by atomic mass is 32.1. The van der Waals surface area contributed by atoms with E-state index in [9.17, 15) is 4.79 Å². The molecule has 1 N–H and O–H groups in total. The summed E-state index contributed by atoms with van der Waals surface area (Å²) in [5.74, 6) is 3.37. The Hall–Kier alpha value is -2.25. The number of hydrogen-bond acceptors (Lipinski definition) is 3. The van der Waals surface area contributed by atoms with Gasteiger partial charge in [-0.25, -0.2) is 0 Å². The van der Waals surface area contributed by atoms with Gasteiger partial charge < -0.3 is 10.1 Å². The lowest BCUT2D eigenvalue weighted by atomic mass is 9.91. The van der Waals surface area contributed by atoms with E-state index >= 15 is 0 Å². The number of amides is 1. The molecular formula is C16H13NO2S. The molecule has 0 spiro atoms. The van der Waals surface area contributed by atoms with Crippen molar-refractivity contribution in [3.63, 3.8) is 0 Å². The highest BCUT2D eigenvalue weighted by molar-refractivity contribution is 7.10. The summed E-state index contributed by atoms with van der Waals surface area (Å²) in [7, 11) is 0. The van der Waals surface area contributed by atoms with Crippen molar-refractivity contribution in [3.05, 3.63) is 46.2 Å². The Morgan fingerprint density at radius 1 is 1.35 bits per heavy atom. The Labute approximate surface area is 121 Å². The first-order valence-corrected chi connectivity index (χ1v) is 7.19. The van der Waals surface area contributed by atoms with Crippen molar-refractivity contribution < 1.29 is 9.53 Å². The molecule has 1 atom stereocenters. The van der Waals surface area contributed by atoms with Gasteiger partial charge >= 0.3 is 0 Å². The molecule has 0 unspecified atom stereocenters. The van der Waals surface area contributed by atoms with E-state index in [0.29, 0.717) is 6.42 Å². The maximum absolute atomic E-state index is 11.8. The summed E-state index contributed by atoms with van der Waals surface area (Å²) in [6.45, 7) is 0.264. The van der Waals surface area contributed by atoms with Gasteiger partial charge in [-0.05, 0) is 29.1 Å². The first-order valence-electron chi connectivity index (χ1n) is 6.31. The second-order valence-corrected chi connectivity index (χ2v) is 5.51. The van der Waals surface area contributed by atoms with Gasteiger partial charge in [0.15, 0.2) is 0 Å². The van der Waals surface area contributed by atoms with E-state index in [1.54, 1.807) is 11.3 Å². The minimum absolute atomic E-state index is 0.0635. The molecule has 0 radical (unpaired) electrons. The third-order valence-electron chi connectivity index (χ3n) is 3.28. The van der Waals surface area contributed by atoms with Crippen LogP contribution < -0.4 is 10.1 Å². The summed E-state index contributed by atoms with van der Waals surface area (Å²) in [6, 6.07) is 9.74. The first-order chi connectivity index (χ1) is 9.78. The van der Waals surface area contributed by atoms with Gasteiger partial charge in [0, 0.05) is 17.2 Å². The van der Waals surface area contributed by atoms with E-state index in [2.05, 4.69) is 11.2 Å². The van der Waals surface area contributed by atoms with E-state index < -0.39 is 0 Å². The van der Waals surface area contributed by atoms with Crippen LogP contribution in [0.3, 0.4) is 0 Å². The molecule has 2 heterocycles. The summed E-state index contributed by atoms with van der Waals surface area (Å²) in [5, 5.41) is 4.91. The van der Waals surface area contributed by atoms with Gasteiger partial charge in [-0.15, -0.1) is 17.8 Å². The molecule has 20 heavy (non-hydrogen) atoms. The Bertz CT molecular complexity index is 667. The molecule has 1 aliphatic rings. The average molecular weight is 283 g/mol. The standard InChI is InChI=1S/C16H13NO2S/c1-2-8-19-12-5-3-11(4-6-12)13-10-15(18)17-14-7-9-20-16(13)14/h1,3-7,9,13H,8,10H2,(H,17,18)/t13-/m0/s1. The summed E-state index contributed by atoms with van der Waals surface area (Å²) in [4.78, 5) is 13.0. The molecule has 1 aromatic carbocycles. The Kier molecular flexibility index (Phi) is 3.44. The Balaban J connectivity index is 1.87. The van der Waals surface area contributed by atoms with Crippen molar-refractivity contribution in [3.8, 4) is 18.1 Å². The zero-order valence-corrected chi connectivity index (χ0v) is 11.6. The second-order valence-electron chi connectivity index (χ2n) is 4.57. The van der Waals surface area contributed by atoms with E-state index in [0.717, 1.165) is 17.0 Å². The minimum Gasteiger partial charge on any atom is -0.481 e. The predicted molar refractivity (Wildman–Crippen MR) is 80.2 cm³/mol. The predicted octanol–water partition coefficient (Wildman–Crippen LogP) is 3.23. The van der Waals surface area contributed by atoms with E-state index in [1.165, 1.54) is 4.88 Å². The number of fused-ring (bicyclic) bond motifs is 1. The molecule has 0 aliphatic carbocycles. The fraction of sp³-hybridized carbons (Fsp3) is 0.188. The molecule has 0 saturated carbocycles. The maximum Gasteiger partial charge on any atom is 0.225 e. The number of hydrogen-bond donors (Lipinski definition) is 1. The lowest BCUT2D eigenvalue weighted by molar-refractivity contribution is -0.116. The highest BCUT2D eigenvalue weighted by Gasteiger charge is 2.27. The normalized spacial score (nSPS) is 16.9. The molecule has 1 aromatic heterocycles. The summed E-state index contributed by atoms with van der Waals surface area (Å²) >= 11 is 1.68. The van der Waals surface area contributed by atoms with E-state index in [4.69, 9.17) is 11.2 Å². The molecule has 4 heteroatoms. The fourth-order valence-electron chi connectivity index (χ4n) is 2.36. The van der Waals surface area contributed by atoms with Crippen molar-refractivity contribution in [2.24, 2.45) is 0 Å². The second kappa shape index (κ2) is 5.40. The molecular weight excluding hydrogens is 270 g/mol. The smallest absolute Gasteiger partial charge is 0.225 e. The number of carbonyl (C=O) groups is 1. The molecule has 0 bridgehead atoms. The van der Waals surface area contributed by atoms with Gasteiger partial charge in [-0.1, -0.05) is 18.1 Å². The van der Waals surface area contributed by atoms with Crippen molar-refractivity contribution in [1.82, 2.24) is 0 Å². The lowest BCUT2D eigenvalue weighted by Crippen LogP contribution is -2.21. The Morgan fingerprint density at radius 2 is 2.15 bits per heavy atom. The summed E-state index contributed by atoms with van der Waals surface area (Å²) in [5.41, 5.74) is 2.06. The Morgan fingerprint density at radius 3 is 2.90 bits per heavy atom. The highest BCUT2D eigenvalue weighted by Crippen LogP contribution is 2.40. The van der Waals surface area contributed by atoms with Crippen LogP contribution in [0.2, 0.25) is 0 Å². The van der Waals surface area contributed by atoms with Crippen molar-refractivity contribution in [2.75, 3.05) is 11.9 Å². The van der Waals surface area contributed by atoms with Crippen molar-refractivity contribution in [2.45, 2.75) is 12.3 Å². The topological polar surface area (TPSA) is 38.3 Å². The number of carbonyl (C=O) groups excluding carboxylic acids is 1. The van der Waals surface area contributed by atoms with E-state index in [-0.39, 0.29) is 18.4 Å². The van der Waals surface area contributed by atoms with Crippen LogP contribution in [0.1, 0.15) is 22.8 Å². The molecule has 3 rings (SSSR count). The van der Waals surface area contributed by atoms with Gasteiger partial charge in [-0.2, -0.15) is 0 Å². The summed E-state index contributed by atoms with van der Waals surface area (Å²) in [6.07, 6.45) is 5.65. The van der Waals surface area contributed by atoms with Crippen LogP contribution in [0.4, 0.5) is 5.69 Å². The van der Waals surface area contributed by atoms with E-state index in [1.807, 2.05) is 35.7 Å². The van der Waals surface area contributed by atoms with Crippen LogP contribution in [-0.4, -0.2) is 12.5 Å². The van der Waals surface area contributed by atoms with Crippen molar-refractivity contribution >= 4 is 22.9 Å². The van der Waals surface area contributed by atoms with Gasteiger partial charge in [0.05, 0.1) is 5.69 Å². The first kappa shape index (κ1) is 12.8. The monoisotopic (exact) mass is 283 g/mol. The van der Waals surface area contributed by atoms with Crippen LogP contribution in [0.15, 0.2) is 35.7 Å². The van der Waals surface area contributed by atoms with Gasteiger partial charge in [0.2, 0.25) is 5.91 Å². The number of ether oxygens (including phenoxy) is 1. The van der Waals surface area contributed by atoms with Crippen LogP contribution in [0.5, 0.6) is 5.75 Å². The molecule has 2 aromatic rings. The number of anilines is 1. The molecule has 100 valence electrons. The zero-order valence-electron chi connectivity index (χ0n) is 10.8. The SMILES string of the molecule is C#CCOc1ccc([C@@H]2CC(=O)Nc3ccsc32)cc1. The number of terminal acetylenes is 1. The molecule has 0 fully saturated rings. The number of nitrogens with one attached hydrogen (secondary N) is 1. The lowest BCUT2D eigenvalue weighted by Gasteiger charge is -2.23. The number of rotatable bonds is 3. The molecule has 3 nitrogen and oxygen atoms in total. The van der Waals surface area contributed by atoms with Gasteiger partial charge in [-0.3, -0.25) is 4.79 Å². The third-order valence-corrected chi connectivity index (χ3v) is 4.31.